The molecule has 0 spiro atoms. The van der Waals surface area contributed by atoms with E-state index in [4.69, 9.17) is 8.83 Å². The summed E-state index contributed by atoms with van der Waals surface area (Å²) in [5.41, 5.74) is 0. The molecule has 0 saturated carbocycles. The van der Waals surface area contributed by atoms with Gasteiger partial charge in [0.15, 0.2) is 10.6 Å². The Morgan fingerprint density at radius 3 is 1.53 bits per heavy atom. The van der Waals surface area contributed by atoms with Gasteiger partial charge < -0.3 is 0 Å². The maximum absolute atomic E-state index is 11.2. The lowest BCUT2D eigenvalue weighted by molar-refractivity contribution is 0.224. The highest BCUT2D eigenvalue weighted by Gasteiger charge is 2.60. The van der Waals surface area contributed by atoms with Crippen LogP contribution in [-0.4, -0.2) is 21.3 Å². The summed E-state index contributed by atoms with van der Waals surface area (Å²) in [5, 5.41) is 0.680. The molecule has 178 valence electrons. The lowest BCUT2D eigenvalue weighted by Gasteiger charge is -2.17. The molecule has 0 heterocycles. The fourth-order valence-electron chi connectivity index (χ4n) is 3.54. The molecule has 2 rings (SSSR count). The van der Waals surface area contributed by atoms with Crippen LogP contribution < -0.4 is 10.6 Å². The van der Waals surface area contributed by atoms with Crippen LogP contribution in [0.2, 0.25) is 0 Å². The molecule has 0 radical (unpaired) electrons. The molecule has 0 aliphatic rings. The van der Waals surface area contributed by atoms with E-state index >= 15 is 0 Å². The summed E-state index contributed by atoms with van der Waals surface area (Å²) in [6.45, 7) is 2.55. The minimum atomic E-state index is -3.99. The monoisotopic (exact) mass is 482 g/mol. The van der Waals surface area contributed by atoms with Crippen LogP contribution in [0.25, 0.3) is 0 Å². The van der Waals surface area contributed by atoms with Crippen molar-refractivity contribution in [1.82, 2.24) is 0 Å². The van der Waals surface area contributed by atoms with Crippen molar-refractivity contribution in [2.45, 2.75) is 77.6 Å². The van der Waals surface area contributed by atoms with Crippen LogP contribution in [0.3, 0.4) is 0 Å². The molecule has 0 bridgehead atoms. The molecule has 0 amide bonds. The van der Waals surface area contributed by atoms with Crippen molar-refractivity contribution in [3.8, 4) is 0 Å². The van der Waals surface area contributed by atoms with E-state index in [1.807, 2.05) is 6.07 Å². The smallest absolute Gasteiger partial charge is 0.185 e. The summed E-state index contributed by atoms with van der Waals surface area (Å²) >= 11 is 0. The van der Waals surface area contributed by atoms with Gasteiger partial charge in [-0.15, -0.1) is 0 Å². The molecular formula is C25H40O5P2+2. The molecule has 5 nitrogen and oxygen atoms in total. The molecule has 0 aliphatic heterocycles. The molecule has 0 saturated heterocycles. The lowest BCUT2D eigenvalue weighted by atomic mass is 10.1. The molecule has 3 N–H and O–H groups in total. The highest BCUT2D eigenvalue weighted by Crippen LogP contribution is 2.70. The second-order valence-electron chi connectivity index (χ2n) is 8.19. The molecule has 2 aromatic carbocycles. The van der Waals surface area contributed by atoms with Crippen molar-refractivity contribution in [3.05, 3.63) is 60.7 Å². The number of hydrogen-bond donors (Lipinski definition) is 3. The first-order chi connectivity index (χ1) is 15.5. The van der Waals surface area contributed by atoms with Gasteiger partial charge >= 0.3 is 15.9 Å². The van der Waals surface area contributed by atoms with Gasteiger partial charge in [-0.3, -0.25) is 0 Å². The third kappa shape index (κ3) is 9.93. The summed E-state index contributed by atoms with van der Waals surface area (Å²) in [4.78, 5) is 32.4. The predicted molar refractivity (Wildman–Crippen MR) is 136 cm³/mol. The van der Waals surface area contributed by atoms with E-state index in [2.05, 4.69) is 6.92 Å². The minimum Gasteiger partial charge on any atom is -0.185 e. The molecule has 7 heteroatoms. The van der Waals surface area contributed by atoms with E-state index in [1.165, 1.54) is 51.4 Å². The Hall–Kier alpha value is -0.900. The van der Waals surface area contributed by atoms with Crippen molar-refractivity contribution in [3.63, 3.8) is 0 Å². The van der Waals surface area contributed by atoms with Gasteiger partial charge in [-0.1, -0.05) is 108 Å². The van der Waals surface area contributed by atoms with Crippen molar-refractivity contribution in [2.75, 3.05) is 6.61 Å². The van der Waals surface area contributed by atoms with Gasteiger partial charge in [0.05, 0.1) is 6.61 Å². The normalized spacial score (nSPS) is 13.8. The summed E-state index contributed by atoms with van der Waals surface area (Å²) in [6.07, 6.45) is 13.4. The number of hydrogen-bond acceptors (Lipinski definition) is 5. The number of unbranched alkanes of at least 4 members (excludes halogenated alkanes) is 10. The topological polar surface area (TPSA) is 79.2 Å². The van der Waals surface area contributed by atoms with Crippen molar-refractivity contribution >= 4 is 26.5 Å². The van der Waals surface area contributed by atoms with E-state index in [0.717, 1.165) is 19.3 Å². The average Bonchev–Trinajstić information content (AvgIpc) is 2.81. The first kappa shape index (κ1) is 27.3. The van der Waals surface area contributed by atoms with Crippen LogP contribution >= 0.6 is 15.9 Å². The van der Waals surface area contributed by atoms with E-state index in [0.29, 0.717) is 11.9 Å². The first-order valence-electron chi connectivity index (χ1n) is 11.9. The molecule has 1 unspecified atom stereocenters. The van der Waals surface area contributed by atoms with E-state index in [9.17, 15) is 14.7 Å². The Balaban J connectivity index is 1.78. The Morgan fingerprint density at radius 2 is 1.03 bits per heavy atom. The zero-order chi connectivity index (χ0) is 23.1. The second-order valence-corrected chi connectivity index (χ2v) is 12.3. The van der Waals surface area contributed by atoms with E-state index in [1.54, 1.807) is 54.6 Å². The zero-order valence-corrected chi connectivity index (χ0v) is 21.1. The number of benzene rings is 2. The quantitative estimate of drug-likeness (QED) is 0.178. The van der Waals surface area contributed by atoms with Crippen LogP contribution in [0.5, 0.6) is 0 Å². The summed E-state index contributed by atoms with van der Waals surface area (Å²) in [5.74, 6) is 0. The third-order valence-corrected chi connectivity index (χ3v) is 9.66. The highest BCUT2D eigenvalue weighted by molar-refractivity contribution is 7.80. The highest BCUT2D eigenvalue weighted by atomic mass is 31.3. The lowest BCUT2D eigenvalue weighted by Crippen LogP contribution is -2.21. The van der Waals surface area contributed by atoms with Crippen LogP contribution in [0.4, 0.5) is 0 Å². The van der Waals surface area contributed by atoms with Crippen LogP contribution in [-0.2, 0) is 8.83 Å². The van der Waals surface area contributed by atoms with E-state index < -0.39 is 15.9 Å². The maximum Gasteiger partial charge on any atom is 0.499 e. The number of rotatable bonds is 17. The molecule has 0 fully saturated rings. The molecular weight excluding hydrogens is 442 g/mol. The van der Waals surface area contributed by atoms with Gasteiger partial charge in [-0.05, 0) is 30.7 Å². The summed E-state index contributed by atoms with van der Waals surface area (Å²) < 4.78 is 11.4. The first-order valence-corrected chi connectivity index (χ1v) is 15.1. The molecule has 2 aromatic rings. The van der Waals surface area contributed by atoms with Crippen molar-refractivity contribution in [2.24, 2.45) is 0 Å². The standard InChI is InChI=1S/C25H40O5P2/c1-2-3-4-5-6-7-8-9-10-11-18-23-29-32(28,25-21-16-13-17-22-25)30-31(26,27)24-19-14-12-15-20-24/h12-17,19-22,26-28H,2-11,18,23H2,1H3/q+2. The minimum absolute atomic E-state index is 0.243. The second kappa shape index (κ2) is 15.1. The zero-order valence-electron chi connectivity index (χ0n) is 19.3. The summed E-state index contributed by atoms with van der Waals surface area (Å²) in [7, 11) is -7.63. The largest absolute Gasteiger partial charge is 0.499 e. The summed E-state index contributed by atoms with van der Waals surface area (Å²) in [6, 6.07) is 17.1. The van der Waals surface area contributed by atoms with Crippen LogP contribution in [0.15, 0.2) is 60.7 Å². The predicted octanol–water partition coefficient (Wildman–Crippen LogP) is 6.48. The van der Waals surface area contributed by atoms with Gasteiger partial charge in [0.1, 0.15) is 0 Å². The fourth-order valence-corrected chi connectivity index (χ4v) is 7.35. The Morgan fingerprint density at radius 1 is 0.594 bits per heavy atom. The van der Waals surface area contributed by atoms with Gasteiger partial charge in [-0.2, -0.15) is 19.2 Å². The molecule has 1 atom stereocenters. The Bertz CT molecular complexity index is 730. The van der Waals surface area contributed by atoms with Gasteiger partial charge in [0.25, 0.3) is 0 Å². The van der Waals surface area contributed by atoms with Crippen molar-refractivity contribution < 1.29 is 23.5 Å². The Labute approximate surface area is 195 Å². The van der Waals surface area contributed by atoms with Crippen LogP contribution in [0.1, 0.15) is 77.6 Å². The molecule has 0 aromatic heterocycles. The third-order valence-electron chi connectivity index (χ3n) is 5.41. The van der Waals surface area contributed by atoms with Crippen LogP contribution in [0, 0.1) is 0 Å². The van der Waals surface area contributed by atoms with Crippen molar-refractivity contribution in [1.29, 1.82) is 0 Å². The molecule has 32 heavy (non-hydrogen) atoms. The maximum atomic E-state index is 11.2. The Kier molecular flexibility index (Phi) is 12.9. The van der Waals surface area contributed by atoms with E-state index in [-0.39, 0.29) is 5.30 Å². The average molecular weight is 483 g/mol. The SMILES string of the molecule is CCCCCCCCCCCCCO[P+](O)(O[P+](O)(O)c1ccccc1)c1ccccc1. The fraction of sp³-hybridized carbons (Fsp3) is 0.520. The van der Waals surface area contributed by atoms with Gasteiger partial charge in [0, 0.05) is 4.31 Å². The van der Waals surface area contributed by atoms with Gasteiger partial charge in [-0.25, -0.2) is 0 Å². The molecule has 0 aliphatic carbocycles. The van der Waals surface area contributed by atoms with Gasteiger partial charge in [0.2, 0.25) is 0 Å².